The van der Waals surface area contributed by atoms with Crippen molar-refractivity contribution in [2.45, 2.75) is 26.2 Å². The molecule has 0 fully saturated rings. The van der Waals surface area contributed by atoms with Crippen LogP contribution in [0.5, 0.6) is 0 Å². The average Bonchev–Trinajstić information content (AvgIpc) is 2.29. The molecule has 0 bridgehead atoms. The number of hydrogen-bond donors (Lipinski definition) is 1. The molecule has 17 heavy (non-hydrogen) atoms. The predicted molar refractivity (Wildman–Crippen MR) is 72.0 cm³/mol. The highest BCUT2D eigenvalue weighted by atomic mass is 15.1. The Morgan fingerprint density at radius 3 is 2.59 bits per heavy atom. The Balaban J connectivity index is 2.88. The minimum absolute atomic E-state index is 0.541. The van der Waals surface area contributed by atoms with Gasteiger partial charge in [-0.05, 0) is 50.0 Å². The van der Waals surface area contributed by atoms with Gasteiger partial charge in [-0.1, -0.05) is 26.0 Å². The number of hydrogen-bond acceptors (Lipinski definition) is 3. The van der Waals surface area contributed by atoms with E-state index < -0.39 is 0 Å². The largest absolute Gasteiger partial charge is 0.309 e. The van der Waals surface area contributed by atoms with Crippen molar-refractivity contribution in [1.82, 2.24) is 4.90 Å². The van der Waals surface area contributed by atoms with E-state index in [2.05, 4.69) is 44.0 Å². The van der Waals surface area contributed by atoms with Crippen LogP contribution in [-0.2, 0) is 0 Å². The summed E-state index contributed by atoms with van der Waals surface area (Å²) < 4.78 is 0. The number of rotatable bonds is 6. The Morgan fingerprint density at radius 1 is 1.35 bits per heavy atom. The maximum atomic E-state index is 7.08. The van der Waals surface area contributed by atoms with Gasteiger partial charge in [0.1, 0.15) is 0 Å². The number of nitrogens with one attached hydrogen (secondary N) is 1. The predicted octanol–water partition coefficient (Wildman–Crippen LogP) is 4.04. The van der Waals surface area contributed by atoms with Crippen LogP contribution in [-0.4, -0.2) is 25.5 Å². The van der Waals surface area contributed by atoms with Crippen LogP contribution in [0.4, 0.5) is 5.69 Å². The molecule has 1 aromatic rings. The third kappa shape index (κ3) is 3.93. The molecule has 3 heteroatoms. The van der Waals surface area contributed by atoms with Crippen LogP contribution in [0, 0.1) is 11.4 Å². The molecule has 3 nitrogen and oxygen atoms in total. The Bertz CT molecular complexity index is 360. The Labute approximate surface area is 104 Å². The molecule has 0 amide bonds. The van der Waals surface area contributed by atoms with Gasteiger partial charge in [0, 0.05) is 6.54 Å². The van der Waals surface area contributed by atoms with E-state index in [1.807, 2.05) is 18.2 Å². The summed E-state index contributed by atoms with van der Waals surface area (Å²) in [4.78, 5) is 2.23. The number of benzene rings is 1. The van der Waals surface area contributed by atoms with Crippen molar-refractivity contribution in [1.29, 1.82) is 5.53 Å². The molecule has 0 spiro atoms. The molecule has 2 atom stereocenters. The van der Waals surface area contributed by atoms with Crippen LogP contribution in [0.25, 0.3) is 0 Å². The maximum absolute atomic E-state index is 7.08. The minimum Gasteiger partial charge on any atom is -0.309 e. The quantitative estimate of drug-likeness (QED) is 0.740. The van der Waals surface area contributed by atoms with Crippen LogP contribution in [0.15, 0.2) is 29.4 Å². The monoisotopic (exact) mass is 233 g/mol. The van der Waals surface area contributed by atoms with Crippen molar-refractivity contribution in [3.8, 4) is 0 Å². The lowest BCUT2D eigenvalue weighted by Crippen LogP contribution is -2.24. The summed E-state index contributed by atoms with van der Waals surface area (Å²) in [6, 6.07) is 8.05. The van der Waals surface area contributed by atoms with Gasteiger partial charge in [-0.15, -0.1) is 0 Å². The van der Waals surface area contributed by atoms with E-state index in [0.29, 0.717) is 11.8 Å². The van der Waals surface area contributed by atoms with Crippen LogP contribution < -0.4 is 0 Å². The molecule has 1 N–H and O–H groups in total. The van der Waals surface area contributed by atoms with Crippen LogP contribution in [0.3, 0.4) is 0 Å². The molecule has 0 heterocycles. The summed E-state index contributed by atoms with van der Waals surface area (Å²) in [7, 11) is 4.22. The van der Waals surface area contributed by atoms with Gasteiger partial charge in [-0.2, -0.15) is 5.11 Å². The minimum atomic E-state index is 0.541. The molecule has 0 radical (unpaired) electrons. The molecular formula is C14H23N3. The van der Waals surface area contributed by atoms with E-state index in [1.165, 1.54) is 5.56 Å². The molecule has 0 aliphatic rings. The van der Waals surface area contributed by atoms with Gasteiger partial charge in [0.05, 0.1) is 5.69 Å². The van der Waals surface area contributed by atoms with E-state index in [-0.39, 0.29) is 0 Å². The van der Waals surface area contributed by atoms with Crippen molar-refractivity contribution < 1.29 is 0 Å². The van der Waals surface area contributed by atoms with Crippen molar-refractivity contribution in [2.75, 3.05) is 20.6 Å². The van der Waals surface area contributed by atoms with Gasteiger partial charge in [-0.25, -0.2) is 5.53 Å². The first-order valence-corrected chi connectivity index (χ1v) is 6.20. The number of nitrogens with zero attached hydrogens (tertiary/aromatic N) is 2. The van der Waals surface area contributed by atoms with Crippen molar-refractivity contribution in [3.63, 3.8) is 0 Å². The normalized spacial score (nSPS) is 14.6. The SMILES string of the molecule is CC[C@@H](c1cccc(N=N)c1)[C@@H](C)CN(C)C. The zero-order chi connectivity index (χ0) is 12.8. The fourth-order valence-corrected chi connectivity index (χ4v) is 2.49. The second kappa shape index (κ2) is 6.50. The molecule has 0 saturated heterocycles. The van der Waals surface area contributed by atoms with Gasteiger partial charge in [0.2, 0.25) is 0 Å². The third-order valence-electron chi connectivity index (χ3n) is 3.21. The summed E-state index contributed by atoms with van der Waals surface area (Å²) in [6.45, 7) is 5.60. The fourth-order valence-electron chi connectivity index (χ4n) is 2.49. The smallest absolute Gasteiger partial charge is 0.0852 e. The van der Waals surface area contributed by atoms with Gasteiger partial charge < -0.3 is 4.90 Å². The van der Waals surface area contributed by atoms with Gasteiger partial charge in [0.25, 0.3) is 0 Å². The summed E-state index contributed by atoms with van der Waals surface area (Å²) >= 11 is 0. The standard InChI is InChI=1S/C14H23N3/c1-5-14(11(2)10-17(3)4)12-7-6-8-13(9-12)16-15/h6-9,11,14-15H,5,10H2,1-4H3/t11-,14+/m0/s1. The molecule has 94 valence electrons. The van der Waals surface area contributed by atoms with Crippen LogP contribution in [0.2, 0.25) is 0 Å². The Hall–Kier alpha value is -1.22. The highest BCUT2D eigenvalue weighted by Crippen LogP contribution is 2.30. The van der Waals surface area contributed by atoms with Gasteiger partial charge in [0.15, 0.2) is 0 Å². The zero-order valence-corrected chi connectivity index (χ0v) is 11.3. The van der Waals surface area contributed by atoms with Crippen LogP contribution >= 0.6 is 0 Å². The highest BCUT2D eigenvalue weighted by Gasteiger charge is 2.18. The van der Waals surface area contributed by atoms with Gasteiger partial charge >= 0.3 is 0 Å². The Kier molecular flexibility index (Phi) is 5.29. The zero-order valence-electron chi connectivity index (χ0n) is 11.3. The van der Waals surface area contributed by atoms with Crippen LogP contribution in [0.1, 0.15) is 31.7 Å². The van der Waals surface area contributed by atoms with Crippen molar-refractivity contribution in [2.24, 2.45) is 11.0 Å². The average molecular weight is 233 g/mol. The first-order valence-electron chi connectivity index (χ1n) is 6.20. The van der Waals surface area contributed by atoms with E-state index in [4.69, 9.17) is 5.53 Å². The maximum Gasteiger partial charge on any atom is 0.0852 e. The second-order valence-corrected chi connectivity index (χ2v) is 4.96. The lowest BCUT2D eigenvalue weighted by molar-refractivity contribution is 0.301. The summed E-state index contributed by atoms with van der Waals surface area (Å²) in [5.74, 6) is 1.15. The first-order chi connectivity index (χ1) is 8.08. The third-order valence-corrected chi connectivity index (χ3v) is 3.21. The first kappa shape index (κ1) is 13.8. The second-order valence-electron chi connectivity index (χ2n) is 4.96. The summed E-state index contributed by atoms with van der Waals surface area (Å²) in [6.07, 6.45) is 1.12. The molecule has 0 aliphatic heterocycles. The van der Waals surface area contributed by atoms with Gasteiger partial charge in [-0.3, -0.25) is 0 Å². The molecule has 0 aromatic heterocycles. The molecule has 0 aliphatic carbocycles. The van der Waals surface area contributed by atoms with E-state index in [0.717, 1.165) is 18.7 Å². The lowest BCUT2D eigenvalue weighted by atomic mass is 9.85. The summed E-state index contributed by atoms with van der Waals surface area (Å²) in [5.41, 5.74) is 9.13. The molecular weight excluding hydrogens is 210 g/mol. The molecule has 0 saturated carbocycles. The molecule has 1 aromatic carbocycles. The molecule has 0 unspecified atom stereocenters. The topological polar surface area (TPSA) is 39.5 Å². The molecule has 1 rings (SSSR count). The van der Waals surface area contributed by atoms with Crippen molar-refractivity contribution >= 4 is 5.69 Å². The van der Waals surface area contributed by atoms with E-state index in [9.17, 15) is 0 Å². The Morgan fingerprint density at radius 2 is 2.06 bits per heavy atom. The van der Waals surface area contributed by atoms with Crippen molar-refractivity contribution in [3.05, 3.63) is 29.8 Å². The summed E-state index contributed by atoms with van der Waals surface area (Å²) in [5, 5.41) is 3.51. The highest BCUT2D eigenvalue weighted by molar-refractivity contribution is 5.40. The van der Waals surface area contributed by atoms with E-state index in [1.54, 1.807) is 0 Å². The van der Waals surface area contributed by atoms with E-state index >= 15 is 0 Å². The lowest BCUT2D eigenvalue weighted by Gasteiger charge is -2.26. The fraction of sp³-hybridized carbons (Fsp3) is 0.571.